The summed E-state index contributed by atoms with van der Waals surface area (Å²) in [6.45, 7) is 1.29. The molecule has 2 aliphatic heterocycles. The molecule has 0 radical (unpaired) electrons. The predicted octanol–water partition coefficient (Wildman–Crippen LogP) is 1.63. The molecule has 0 aliphatic carbocycles. The molecule has 1 aromatic heterocycles. The molecule has 2 aromatic rings. The molecule has 1 spiro atoms. The average molecular weight is 384 g/mol. The molecule has 2 N–H and O–H groups in total. The SMILES string of the molecule is CN1C(=O)N(Cc2ccccc2)C2(CCN(c3ncc(F)c(N)n3)CC2)C1=O. The van der Waals surface area contributed by atoms with Crippen molar-refractivity contribution < 1.29 is 14.0 Å². The molecule has 0 saturated carbocycles. The number of hydrogen-bond acceptors (Lipinski definition) is 6. The zero-order chi connectivity index (χ0) is 19.9. The van der Waals surface area contributed by atoms with Crippen LogP contribution >= 0.6 is 0 Å². The van der Waals surface area contributed by atoms with Gasteiger partial charge in [-0.05, 0) is 18.4 Å². The summed E-state index contributed by atoms with van der Waals surface area (Å²) in [7, 11) is 1.52. The lowest BCUT2D eigenvalue weighted by Crippen LogP contribution is -2.56. The highest BCUT2D eigenvalue weighted by molar-refractivity contribution is 6.06. The Kier molecular flexibility index (Phi) is 4.37. The average Bonchev–Trinajstić information content (AvgIpc) is 2.88. The van der Waals surface area contributed by atoms with E-state index in [1.165, 1.54) is 11.9 Å². The molecule has 0 atom stereocenters. The van der Waals surface area contributed by atoms with Crippen molar-refractivity contribution in [3.63, 3.8) is 0 Å². The van der Waals surface area contributed by atoms with Crippen LogP contribution in [0, 0.1) is 5.82 Å². The quantitative estimate of drug-likeness (QED) is 0.808. The molecule has 8 nitrogen and oxygen atoms in total. The lowest BCUT2D eigenvalue weighted by molar-refractivity contribution is -0.133. The number of nitrogens with two attached hydrogens (primary N) is 1. The largest absolute Gasteiger partial charge is 0.381 e. The molecule has 0 bridgehead atoms. The van der Waals surface area contributed by atoms with E-state index in [1.807, 2.05) is 35.2 Å². The Bertz CT molecular complexity index is 914. The van der Waals surface area contributed by atoms with Crippen LogP contribution in [0.15, 0.2) is 36.5 Å². The second-order valence-corrected chi connectivity index (χ2v) is 7.14. The zero-order valence-electron chi connectivity index (χ0n) is 15.5. The number of benzene rings is 1. The molecule has 3 amide bonds. The second-order valence-electron chi connectivity index (χ2n) is 7.14. The Hall–Kier alpha value is -3.23. The number of nitrogen functional groups attached to an aromatic ring is 1. The van der Waals surface area contributed by atoms with Crippen molar-refractivity contribution in [3.8, 4) is 0 Å². The summed E-state index contributed by atoms with van der Waals surface area (Å²) in [5.74, 6) is -0.728. The van der Waals surface area contributed by atoms with E-state index in [-0.39, 0.29) is 17.8 Å². The molecule has 28 heavy (non-hydrogen) atoms. The number of halogens is 1. The van der Waals surface area contributed by atoms with Crippen molar-refractivity contribution in [2.45, 2.75) is 24.9 Å². The van der Waals surface area contributed by atoms with Gasteiger partial charge in [0.15, 0.2) is 11.6 Å². The number of likely N-dealkylation sites (N-methyl/N-ethyl adjacent to an activating group) is 1. The maximum atomic E-state index is 13.3. The minimum atomic E-state index is -0.885. The van der Waals surface area contributed by atoms with Gasteiger partial charge in [0.2, 0.25) is 5.95 Å². The number of anilines is 2. The van der Waals surface area contributed by atoms with Gasteiger partial charge in [-0.15, -0.1) is 0 Å². The first kappa shape index (κ1) is 18.1. The molecule has 9 heteroatoms. The number of carbonyl (C=O) groups excluding carboxylic acids is 2. The molecule has 2 aliphatic rings. The van der Waals surface area contributed by atoms with Crippen molar-refractivity contribution in [3.05, 3.63) is 47.9 Å². The maximum absolute atomic E-state index is 13.3. The van der Waals surface area contributed by atoms with Crippen LogP contribution in [0.1, 0.15) is 18.4 Å². The van der Waals surface area contributed by atoms with Crippen LogP contribution in [0.4, 0.5) is 21.0 Å². The number of amides is 3. The van der Waals surface area contributed by atoms with Crippen LogP contribution in [-0.2, 0) is 11.3 Å². The topological polar surface area (TPSA) is 95.7 Å². The molecule has 2 fully saturated rings. The van der Waals surface area contributed by atoms with Crippen molar-refractivity contribution in [2.75, 3.05) is 30.8 Å². The first-order valence-electron chi connectivity index (χ1n) is 9.09. The van der Waals surface area contributed by atoms with E-state index in [9.17, 15) is 14.0 Å². The van der Waals surface area contributed by atoms with Gasteiger partial charge in [-0.25, -0.2) is 14.2 Å². The number of carbonyl (C=O) groups is 2. The Balaban J connectivity index is 1.57. The fourth-order valence-electron chi connectivity index (χ4n) is 3.95. The number of urea groups is 1. The minimum absolute atomic E-state index is 0.187. The molecule has 1 aromatic carbocycles. The Morgan fingerprint density at radius 1 is 1.18 bits per heavy atom. The van der Waals surface area contributed by atoms with E-state index in [1.54, 1.807) is 4.90 Å². The summed E-state index contributed by atoms with van der Waals surface area (Å²) in [6.07, 6.45) is 1.92. The number of rotatable bonds is 3. The summed E-state index contributed by atoms with van der Waals surface area (Å²) in [5, 5.41) is 0. The summed E-state index contributed by atoms with van der Waals surface area (Å²) in [4.78, 5) is 38.5. The third-order valence-corrected chi connectivity index (χ3v) is 5.55. The van der Waals surface area contributed by atoms with Gasteiger partial charge in [0.1, 0.15) is 5.54 Å². The molecule has 4 rings (SSSR count). The smallest absolute Gasteiger partial charge is 0.327 e. The lowest BCUT2D eigenvalue weighted by atomic mass is 9.85. The van der Waals surface area contributed by atoms with Gasteiger partial charge in [0.25, 0.3) is 5.91 Å². The highest BCUT2D eigenvalue weighted by Crippen LogP contribution is 2.38. The zero-order valence-corrected chi connectivity index (χ0v) is 15.5. The molecule has 0 unspecified atom stereocenters. The standard InChI is InChI=1S/C19H21FN6O2/c1-24-16(27)19(26(18(24)28)12-13-5-3-2-4-6-13)7-9-25(10-8-19)17-22-11-14(20)15(21)23-17/h2-6,11H,7-10,12H2,1H3,(H2,21,22,23). The fourth-order valence-corrected chi connectivity index (χ4v) is 3.95. The van der Waals surface area contributed by atoms with Crippen LogP contribution in [0.3, 0.4) is 0 Å². The second kappa shape index (κ2) is 6.74. The van der Waals surface area contributed by atoms with Gasteiger partial charge in [-0.2, -0.15) is 4.98 Å². The van der Waals surface area contributed by atoms with Gasteiger partial charge < -0.3 is 15.5 Å². The summed E-state index contributed by atoms with van der Waals surface area (Å²) >= 11 is 0. The number of imide groups is 1. The number of aromatic nitrogens is 2. The van der Waals surface area contributed by atoms with Crippen LogP contribution in [0.2, 0.25) is 0 Å². The molecular weight excluding hydrogens is 363 g/mol. The molecule has 2 saturated heterocycles. The van der Waals surface area contributed by atoms with Crippen LogP contribution in [-0.4, -0.2) is 57.4 Å². The highest BCUT2D eigenvalue weighted by Gasteiger charge is 2.56. The third kappa shape index (κ3) is 2.83. The number of nitrogens with zero attached hydrogens (tertiary/aromatic N) is 5. The maximum Gasteiger partial charge on any atom is 0.327 e. The Morgan fingerprint density at radius 2 is 1.86 bits per heavy atom. The van der Waals surface area contributed by atoms with E-state index in [2.05, 4.69) is 9.97 Å². The van der Waals surface area contributed by atoms with Gasteiger partial charge in [-0.1, -0.05) is 30.3 Å². The summed E-state index contributed by atoms with van der Waals surface area (Å²) in [5.41, 5.74) is 5.63. The number of piperidine rings is 1. The summed E-state index contributed by atoms with van der Waals surface area (Å²) < 4.78 is 13.3. The van der Waals surface area contributed by atoms with Crippen molar-refractivity contribution in [1.82, 2.24) is 19.8 Å². The van der Waals surface area contributed by atoms with Crippen LogP contribution in [0.25, 0.3) is 0 Å². The van der Waals surface area contributed by atoms with Crippen LogP contribution < -0.4 is 10.6 Å². The molecular formula is C19H21FN6O2. The van der Waals surface area contributed by atoms with Crippen LogP contribution in [0.5, 0.6) is 0 Å². The van der Waals surface area contributed by atoms with E-state index in [0.29, 0.717) is 38.4 Å². The van der Waals surface area contributed by atoms with E-state index >= 15 is 0 Å². The van der Waals surface area contributed by atoms with Gasteiger partial charge in [0, 0.05) is 26.7 Å². The van der Waals surface area contributed by atoms with Gasteiger partial charge in [-0.3, -0.25) is 9.69 Å². The molecule has 3 heterocycles. The lowest BCUT2D eigenvalue weighted by Gasteiger charge is -2.42. The fraction of sp³-hybridized carbons (Fsp3) is 0.368. The first-order valence-corrected chi connectivity index (χ1v) is 9.09. The third-order valence-electron chi connectivity index (χ3n) is 5.55. The van der Waals surface area contributed by atoms with Gasteiger partial charge >= 0.3 is 6.03 Å². The normalized spacial score (nSPS) is 19.0. The Labute approximate surface area is 161 Å². The number of hydrogen-bond donors (Lipinski definition) is 1. The van der Waals surface area contributed by atoms with E-state index < -0.39 is 11.4 Å². The van der Waals surface area contributed by atoms with Crippen molar-refractivity contribution in [1.29, 1.82) is 0 Å². The Morgan fingerprint density at radius 3 is 2.50 bits per heavy atom. The predicted molar refractivity (Wildman–Crippen MR) is 101 cm³/mol. The monoisotopic (exact) mass is 384 g/mol. The van der Waals surface area contributed by atoms with Crippen molar-refractivity contribution in [2.24, 2.45) is 0 Å². The molecule has 146 valence electrons. The van der Waals surface area contributed by atoms with Gasteiger partial charge in [0.05, 0.1) is 6.20 Å². The van der Waals surface area contributed by atoms with Crippen molar-refractivity contribution >= 4 is 23.7 Å². The highest BCUT2D eigenvalue weighted by atomic mass is 19.1. The minimum Gasteiger partial charge on any atom is -0.381 e. The van der Waals surface area contributed by atoms with E-state index in [0.717, 1.165) is 11.8 Å². The summed E-state index contributed by atoms with van der Waals surface area (Å²) in [6, 6.07) is 9.32. The van der Waals surface area contributed by atoms with E-state index in [4.69, 9.17) is 5.73 Å². The first-order chi connectivity index (χ1) is 13.4.